The number of hydrogen-bond donors (Lipinski definition) is 1. The van der Waals surface area contributed by atoms with Gasteiger partial charge in [0.05, 0.1) is 23.5 Å². The van der Waals surface area contributed by atoms with Crippen molar-refractivity contribution in [1.29, 1.82) is 0 Å². The number of anilines is 1. The maximum Gasteiger partial charge on any atom is 0.269 e. The minimum Gasteiger partial charge on any atom is -0.381 e. The van der Waals surface area contributed by atoms with Gasteiger partial charge in [-0.15, -0.1) is 0 Å². The molecule has 1 aliphatic rings. The van der Waals surface area contributed by atoms with Crippen molar-refractivity contribution in [1.82, 2.24) is 9.78 Å². The third kappa shape index (κ3) is 3.02. The highest BCUT2D eigenvalue weighted by molar-refractivity contribution is 5.43. The van der Waals surface area contributed by atoms with E-state index < -0.39 is 5.54 Å². The van der Waals surface area contributed by atoms with Crippen LogP contribution in [0.1, 0.15) is 26.7 Å². The van der Waals surface area contributed by atoms with Gasteiger partial charge in [-0.25, -0.2) is 4.68 Å². The molecule has 1 aromatic rings. The molecule has 2 N–H and O–H groups in total. The van der Waals surface area contributed by atoms with Gasteiger partial charge < -0.3 is 15.4 Å². The van der Waals surface area contributed by atoms with Crippen molar-refractivity contribution in [2.75, 3.05) is 31.6 Å². The van der Waals surface area contributed by atoms with Crippen LogP contribution >= 0.6 is 0 Å². The van der Waals surface area contributed by atoms with Crippen molar-refractivity contribution >= 4 is 5.69 Å². The zero-order valence-corrected chi connectivity index (χ0v) is 12.5. The van der Waals surface area contributed by atoms with Crippen LogP contribution in [-0.2, 0) is 10.3 Å². The molecule has 6 nitrogen and oxygen atoms in total. The molecular formula is C14H24N4O2. The fourth-order valence-corrected chi connectivity index (χ4v) is 2.46. The summed E-state index contributed by atoms with van der Waals surface area (Å²) in [4.78, 5) is 14.4. The highest BCUT2D eigenvalue weighted by Gasteiger charge is 2.23. The van der Waals surface area contributed by atoms with Gasteiger partial charge in [-0.05, 0) is 26.7 Å². The van der Waals surface area contributed by atoms with Gasteiger partial charge in [0, 0.05) is 32.8 Å². The first-order chi connectivity index (χ1) is 9.47. The van der Waals surface area contributed by atoms with Crippen molar-refractivity contribution in [3.63, 3.8) is 0 Å². The molecule has 112 valence electrons. The topological polar surface area (TPSA) is 73.4 Å². The van der Waals surface area contributed by atoms with E-state index in [4.69, 9.17) is 10.5 Å². The predicted molar refractivity (Wildman–Crippen MR) is 79.1 cm³/mol. The molecule has 2 rings (SSSR count). The minimum absolute atomic E-state index is 0.105. The summed E-state index contributed by atoms with van der Waals surface area (Å²) in [6, 6.07) is 1.65. The second-order valence-electron chi connectivity index (χ2n) is 5.90. The van der Waals surface area contributed by atoms with Crippen molar-refractivity contribution in [3.05, 3.63) is 22.6 Å². The lowest BCUT2D eigenvalue weighted by molar-refractivity contribution is 0.0819. The summed E-state index contributed by atoms with van der Waals surface area (Å²) < 4.78 is 6.81. The highest BCUT2D eigenvalue weighted by Crippen LogP contribution is 2.19. The van der Waals surface area contributed by atoms with E-state index >= 15 is 0 Å². The van der Waals surface area contributed by atoms with Gasteiger partial charge in [0.1, 0.15) is 0 Å². The minimum atomic E-state index is -0.460. The summed E-state index contributed by atoms with van der Waals surface area (Å²) >= 11 is 0. The molecule has 1 aromatic heterocycles. The first-order valence-corrected chi connectivity index (χ1v) is 7.05. The molecule has 0 atom stereocenters. The quantitative estimate of drug-likeness (QED) is 0.872. The average molecular weight is 280 g/mol. The number of nitrogens with two attached hydrogens (primary N) is 1. The van der Waals surface area contributed by atoms with E-state index in [0.717, 1.165) is 31.6 Å². The lowest BCUT2D eigenvalue weighted by Crippen LogP contribution is -2.44. The van der Waals surface area contributed by atoms with Crippen LogP contribution in [0, 0.1) is 0 Å². The van der Waals surface area contributed by atoms with Crippen LogP contribution in [0.15, 0.2) is 17.1 Å². The Bertz CT molecular complexity index is 504. The summed E-state index contributed by atoms with van der Waals surface area (Å²) in [5, 5.41) is 4.29. The molecule has 2 heterocycles. The van der Waals surface area contributed by atoms with Gasteiger partial charge in [0.15, 0.2) is 0 Å². The van der Waals surface area contributed by atoms with Crippen LogP contribution in [-0.4, -0.2) is 42.6 Å². The molecule has 20 heavy (non-hydrogen) atoms. The number of nitrogens with zero attached hydrogens (tertiary/aromatic N) is 3. The Balaban J connectivity index is 2.16. The smallest absolute Gasteiger partial charge is 0.269 e. The van der Waals surface area contributed by atoms with E-state index in [-0.39, 0.29) is 5.56 Å². The van der Waals surface area contributed by atoms with Crippen LogP contribution in [0.3, 0.4) is 0 Å². The van der Waals surface area contributed by atoms with Gasteiger partial charge in [-0.2, -0.15) is 5.10 Å². The van der Waals surface area contributed by atoms with Crippen LogP contribution in [0.2, 0.25) is 0 Å². The van der Waals surface area contributed by atoms with Gasteiger partial charge in [0.2, 0.25) is 0 Å². The first-order valence-electron chi connectivity index (χ1n) is 7.05. The Morgan fingerprint density at radius 2 is 2.10 bits per heavy atom. The number of methoxy groups -OCH3 is 1. The van der Waals surface area contributed by atoms with Gasteiger partial charge >= 0.3 is 0 Å². The third-order valence-corrected chi connectivity index (χ3v) is 4.00. The highest BCUT2D eigenvalue weighted by atomic mass is 16.5. The second-order valence-corrected chi connectivity index (χ2v) is 5.90. The summed E-state index contributed by atoms with van der Waals surface area (Å²) in [5.74, 6) is 0. The Kier molecular flexibility index (Phi) is 4.45. The zero-order chi connectivity index (χ0) is 14.8. The maximum absolute atomic E-state index is 12.2. The predicted octanol–water partition coefficient (Wildman–Crippen LogP) is 0.552. The number of piperidine rings is 1. The Labute approximate surface area is 119 Å². The summed E-state index contributed by atoms with van der Waals surface area (Å²) in [6.07, 6.45) is 4.05. The van der Waals surface area contributed by atoms with Gasteiger partial charge in [0.25, 0.3) is 5.56 Å². The Morgan fingerprint density at radius 3 is 2.60 bits per heavy atom. The molecule has 0 saturated carbocycles. The van der Waals surface area contributed by atoms with Gasteiger partial charge in [-0.3, -0.25) is 4.79 Å². The van der Waals surface area contributed by atoms with E-state index in [9.17, 15) is 4.79 Å². The first kappa shape index (κ1) is 15.0. The maximum atomic E-state index is 12.2. The molecule has 0 aliphatic carbocycles. The van der Waals surface area contributed by atoms with Crippen LogP contribution < -0.4 is 16.2 Å². The molecule has 1 saturated heterocycles. The number of hydrogen-bond acceptors (Lipinski definition) is 5. The van der Waals surface area contributed by atoms with E-state index in [1.165, 1.54) is 4.68 Å². The summed E-state index contributed by atoms with van der Waals surface area (Å²) in [6.45, 7) is 5.97. The lowest BCUT2D eigenvalue weighted by atomic mass is 10.1. The van der Waals surface area contributed by atoms with Crippen LogP contribution in [0.25, 0.3) is 0 Å². The van der Waals surface area contributed by atoms with Crippen molar-refractivity contribution in [3.8, 4) is 0 Å². The molecule has 1 aliphatic heterocycles. The van der Waals surface area contributed by atoms with Crippen molar-refractivity contribution in [2.24, 2.45) is 5.73 Å². The fourth-order valence-electron chi connectivity index (χ4n) is 2.46. The summed E-state index contributed by atoms with van der Waals surface area (Å²) in [5.41, 5.74) is 6.01. The molecule has 0 aromatic carbocycles. The monoisotopic (exact) mass is 280 g/mol. The molecule has 6 heteroatoms. The molecule has 0 bridgehead atoms. The second kappa shape index (κ2) is 5.93. The molecule has 0 unspecified atom stereocenters. The van der Waals surface area contributed by atoms with Gasteiger partial charge in [-0.1, -0.05) is 0 Å². The fraction of sp³-hybridized carbons (Fsp3) is 0.714. The molecule has 0 amide bonds. The molecule has 1 fully saturated rings. The third-order valence-electron chi connectivity index (χ3n) is 4.00. The lowest BCUT2D eigenvalue weighted by Gasteiger charge is -2.33. The van der Waals surface area contributed by atoms with E-state index in [1.807, 2.05) is 13.8 Å². The molecule has 0 spiro atoms. The van der Waals surface area contributed by atoms with E-state index in [0.29, 0.717) is 12.6 Å². The van der Waals surface area contributed by atoms with Crippen molar-refractivity contribution < 1.29 is 4.74 Å². The SMILES string of the molecule is COC1CCN(c2cnn(C(C)(C)CN)c(=O)c2)CC1. The summed E-state index contributed by atoms with van der Waals surface area (Å²) in [7, 11) is 1.75. The largest absolute Gasteiger partial charge is 0.381 e. The zero-order valence-electron chi connectivity index (χ0n) is 12.5. The molecular weight excluding hydrogens is 256 g/mol. The standard InChI is InChI=1S/C14H24N4O2/c1-14(2,10-15)18-13(19)8-11(9-16-18)17-6-4-12(20-3)5-7-17/h8-9,12H,4-7,10,15H2,1-3H3. The number of ether oxygens (including phenoxy) is 1. The molecule has 0 radical (unpaired) electrons. The van der Waals surface area contributed by atoms with Crippen molar-refractivity contribution in [2.45, 2.75) is 38.3 Å². The Morgan fingerprint density at radius 1 is 1.45 bits per heavy atom. The normalized spacial score (nSPS) is 17.5. The van der Waals surface area contributed by atoms with Crippen LogP contribution in [0.5, 0.6) is 0 Å². The average Bonchev–Trinajstić information content (AvgIpc) is 2.47. The van der Waals surface area contributed by atoms with E-state index in [1.54, 1.807) is 19.4 Å². The number of aromatic nitrogens is 2. The number of rotatable bonds is 4. The van der Waals surface area contributed by atoms with E-state index in [2.05, 4.69) is 10.00 Å². The Hall–Kier alpha value is -1.40. The van der Waals surface area contributed by atoms with Crippen LogP contribution in [0.4, 0.5) is 5.69 Å².